The van der Waals surface area contributed by atoms with E-state index in [-0.39, 0.29) is 5.32 Å². The first-order valence-electron chi connectivity index (χ1n) is 2.32. The summed E-state index contributed by atoms with van der Waals surface area (Å²) in [6, 6.07) is -0.947. The molecule has 0 aliphatic heterocycles. The van der Waals surface area contributed by atoms with Crippen LogP contribution in [0.1, 0.15) is 0 Å². The Kier molecular flexibility index (Phi) is 3.61. The standard InChI is InChI=1S/C4H9NO3Se/c1-9(8)2-3(5)4(6)7/h3H,2,5H2,1H3,(H,6,7)/t3-,9?/m0/s1. The van der Waals surface area contributed by atoms with Crippen molar-refractivity contribution in [1.29, 1.82) is 0 Å². The minimum atomic E-state index is -1.93. The zero-order valence-electron chi connectivity index (χ0n) is 5.03. The second kappa shape index (κ2) is 3.71. The summed E-state index contributed by atoms with van der Waals surface area (Å²) < 4.78 is 10.4. The van der Waals surface area contributed by atoms with Gasteiger partial charge in [-0.05, 0) is 0 Å². The molecule has 0 heterocycles. The predicted molar refractivity (Wildman–Crippen MR) is 32.7 cm³/mol. The second-order valence-corrected chi connectivity index (χ2v) is 4.79. The third-order valence-corrected chi connectivity index (χ3v) is 2.47. The molecule has 5 heteroatoms. The van der Waals surface area contributed by atoms with E-state index in [1.807, 2.05) is 0 Å². The molecule has 0 aromatic heterocycles. The summed E-state index contributed by atoms with van der Waals surface area (Å²) in [7, 11) is 0. The van der Waals surface area contributed by atoms with Crippen LogP contribution in [-0.2, 0) is 8.63 Å². The first-order valence-corrected chi connectivity index (χ1v) is 5.95. The molecule has 0 aromatic carbocycles. The number of carboxylic acids is 1. The quantitative estimate of drug-likeness (QED) is 0.596. The van der Waals surface area contributed by atoms with Crippen molar-refractivity contribution in [2.75, 3.05) is 0 Å². The third-order valence-electron chi connectivity index (χ3n) is 0.731. The van der Waals surface area contributed by atoms with Crippen LogP contribution in [0.25, 0.3) is 0 Å². The average Bonchev–Trinajstić information content (AvgIpc) is 1.63. The van der Waals surface area contributed by atoms with Gasteiger partial charge in [-0.25, -0.2) is 0 Å². The number of hydrogen-bond acceptors (Lipinski definition) is 3. The molecule has 4 nitrogen and oxygen atoms in total. The van der Waals surface area contributed by atoms with Crippen molar-refractivity contribution in [1.82, 2.24) is 0 Å². The van der Waals surface area contributed by atoms with E-state index in [9.17, 15) is 8.63 Å². The van der Waals surface area contributed by atoms with Crippen LogP contribution in [0.4, 0.5) is 0 Å². The fourth-order valence-electron chi connectivity index (χ4n) is 0.324. The molecule has 0 amide bonds. The van der Waals surface area contributed by atoms with Gasteiger partial charge in [0.25, 0.3) is 0 Å². The van der Waals surface area contributed by atoms with Gasteiger partial charge in [0, 0.05) is 0 Å². The summed E-state index contributed by atoms with van der Waals surface area (Å²) in [4.78, 5) is 9.99. The van der Waals surface area contributed by atoms with Crippen molar-refractivity contribution in [2.45, 2.75) is 17.2 Å². The SMILES string of the molecule is C[Se](=O)C[C@H](N)C(=O)O. The van der Waals surface area contributed by atoms with Gasteiger partial charge >= 0.3 is 56.5 Å². The summed E-state index contributed by atoms with van der Waals surface area (Å²) in [5.74, 6) is 0.435. The van der Waals surface area contributed by atoms with Gasteiger partial charge in [-0.1, -0.05) is 0 Å². The van der Waals surface area contributed by atoms with E-state index in [1.165, 1.54) is 5.82 Å². The summed E-state index contributed by atoms with van der Waals surface area (Å²) in [6.45, 7) is 0. The fourth-order valence-corrected chi connectivity index (χ4v) is 1.68. The van der Waals surface area contributed by atoms with E-state index < -0.39 is 25.8 Å². The molecule has 0 aliphatic rings. The number of carbonyl (C=O) groups is 1. The van der Waals surface area contributed by atoms with Gasteiger partial charge in [-0.3, -0.25) is 0 Å². The molecule has 54 valence electrons. The molecule has 9 heavy (non-hydrogen) atoms. The van der Waals surface area contributed by atoms with Gasteiger partial charge in [0.05, 0.1) is 0 Å². The van der Waals surface area contributed by atoms with Gasteiger partial charge in [0.1, 0.15) is 0 Å². The van der Waals surface area contributed by atoms with E-state index in [1.54, 1.807) is 0 Å². The van der Waals surface area contributed by atoms with Gasteiger partial charge in [-0.15, -0.1) is 0 Å². The van der Waals surface area contributed by atoms with E-state index in [2.05, 4.69) is 0 Å². The van der Waals surface area contributed by atoms with Crippen molar-refractivity contribution in [3.8, 4) is 0 Å². The van der Waals surface area contributed by atoms with Crippen molar-refractivity contribution in [3.05, 3.63) is 0 Å². The molecule has 3 N–H and O–H groups in total. The molecule has 0 bridgehead atoms. The van der Waals surface area contributed by atoms with Crippen LogP contribution < -0.4 is 5.73 Å². The summed E-state index contributed by atoms with van der Waals surface area (Å²) in [5, 5.41) is 8.31. The molecular weight excluding hydrogens is 189 g/mol. The van der Waals surface area contributed by atoms with Crippen LogP contribution in [0.3, 0.4) is 0 Å². The predicted octanol–water partition coefficient (Wildman–Crippen LogP) is -0.550. The number of hydrogen-bond donors (Lipinski definition) is 2. The Bertz CT molecular complexity index is 136. The van der Waals surface area contributed by atoms with Crippen molar-refractivity contribution in [3.63, 3.8) is 0 Å². The molecule has 0 aromatic rings. The monoisotopic (exact) mass is 199 g/mol. The molecular formula is C4H9NO3Se. The van der Waals surface area contributed by atoms with E-state index >= 15 is 0 Å². The van der Waals surface area contributed by atoms with Crippen LogP contribution in [0.15, 0.2) is 0 Å². The summed E-state index contributed by atoms with van der Waals surface area (Å²) in [5.41, 5.74) is 5.05. The Morgan fingerprint density at radius 2 is 2.33 bits per heavy atom. The molecule has 0 rings (SSSR count). The number of aliphatic carboxylic acids is 1. The fraction of sp³-hybridized carbons (Fsp3) is 0.750. The number of nitrogens with two attached hydrogens (primary N) is 1. The van der Waals surface area contributed by atoms with Crippen LogP contribution >= 0.6 is 0 Å². The van der Waals surface area contributed by atoms with Crippen molar-refractivity contribution in [2.24, 2.45) is 5.73 Å². The molecule has 0 spiro atoms. The van der Waals surface area contributed by atoms with E-state index in [0.29, 0.717) is 0 Å². The topological polar surface area (TPSA) is 80.4 Å². The summed E-state index contributed by atoms with van der Waals surface area (Å²) in [6.07, 6.45) is 0. The molecule has 0 saturated heterocycles. The number of carboxylic acid groups (broad SMARTS) is 1. The molecule has 0 fully saturated rings. The maximum absolute atomic E-state index is 10.4. The van der Waals surface area contributed by atoms with Gasteiger partial charge in [0.2, 0.25) is 0 Å². The first kappa shape index (κ1) is 8.75. The Labute approximate surface area is 57.1 Å². The average molecular weight is 198 g/mol. The van der Waals surface area contributed by atoms with Gasteiger partial charge < -0.3 is 0 Å². The Morgan fingerprint density at radius 1 is 1.89 bits per heavy atom. The second-order valence-electron chi connectivity index (χ2n) is 1.68. The third kappa shape index (κ3) is 4.27. The van der Waals surface area contributed by atoms with Crippen LogP contribution in [0.5, 0.6) is 0 Å². The zero-order chi connectivity index (χ0) is 7.44. The zero-order valence-corrected chi connectivity index (χ0v) is 6.75. The molecule has 0 saturated carbocycles. The van der Waals surface area contributed by atoms with E-state index in [0.717, 1.165) is 0 Å². The molecule has 0 aliphatic carbocycles. The number of rotatable bonds is 3. The van der Waals surface area contributed by atoms with Crippen molar-refractivity contribution < 1.29 is 13.7 Å². The van der Waals surface area contributed by atoms with Crippen LogP contribution in [0.2, 0.25) is 11.1 Å². The van der Waals surface area contributed by atoms with Crippen LogP contribution in [-0.4, -0.2) is 31.0 Å². The normalized spacial score (nSPS) is 16.7. The molecule has 0 radical (unpaired) electrons. The van der Waals surface area contributed by atoms with Gasteiger partial charge in [0.15, 0.2) is 0 Å². The molecule has 1 unspecified atom stereocenters. The first-order chi connectivity index (χ1) is 4.04. The van der Waals surface area contributed by atoms with Crippen LogP contribution in [0, 0.1) is 0 Å². The Hall–Kier alpha value is -0.251. The summed E-state index contributed by atoms with van der Waals surface area (Å²) >= 11 is -1.93. The molecule has 2 atom stereocenters. The van der Waals surface area contributed by atoms with Gasteiger partial charge in [-0.2, -0.15) is 0 Å². The minimum absolute atomic E-state index is 0.120. The Balaban J connectivity index is 3.63. The maximum atomic E-state index is 10.4. The van der Waals surface area contributed by atoms with E-state index in [4.69, 9.17) is 10.8 Å². The Morgan fingerprint density at radius 3 is 2.44 bits per heavy atom. The van der Waals surface area contributed by atoms with Crippen molar-refractivity contribution >= 4 is 19.8 Å².